The number of hydrogen-bond acceptors (Lipinski definition) is 2. The largest absolute Gasteiger partial charge is 0.348 e. The molecule has 27 heavy (non-hydrogen) atoms. The van der Waals surface area contributed by atoms with Crippen LogP contribution in [0.15, 0.2) is 42.5 Å². The standard InChI is InChI=1S/C21H24F2N2O2/c1-12(2)19(25-20(26)16-8-6-5-7-13(16)3)21(27)24-14(4)17-10-9-15(22)11-18(17)23/h5-12,14,19H,1-4H3,(H,24,27)(H,25,26). The van der Waals surface area contributed by atoms with E-state index in [-0.39, 0.29) is 17.4 Å². The van der Waals surface area contributed by atoms with E-state index < -0.39 is 29.6 Å². The lowest BCUT2D eigenvalue weighted by atomic mass is 10.0. The van der Waals surface area contributed by atoms with Crippen molar-refractivity contribution in [3.05, 3.63) is 70.8 Å². The van der Waals surface area contributed by atoms with Crippen molar-refractivity contribution >= 4 is 11.8 Å². The molecule has 0 saturated carbocycles. The molecule has 144 valence electrons. The molecule has 0 saturated heterocycles. The third kappa shape index (κ3) is 5.12. The average Bonchev–Trinajstić information content (AvgIpc) is 2.59. The van der Waals surface area contributed by atoms with Crippen LogP contribution in [0.2, 0.25) is 0 Å². The molecule has 0 aromatic heterocycles. The van der Waals surface area contributed by atoms with E-state index in [1.54, 1.807) is 19.1 Å². The van der Waals surface area contributed by atoms with Gasteiger partial charge in [0.15, 0.2) is 0 Å². The van der Waals surface area contributed by atoms with Gasteiger partial charge in [-0.1, -0.05) is 38.1 Å². The minimum atomic E-state index is -0.789. The van der Waals surface area contributed by atoms with E-state index >= 15 is 0 Å². The summed E-state index contributed by atoms with van der Waals surface area (Å²) < 4.78 is 27.0. The molecule has 6 heteroatoms. The summed E-state index contributed by atoms with van der Waals surface area (Å²) in [7, 11) is 0. The molecule has 0 fully saturated rings. The van der Waals surface area contributed by atoms with Gasteiger partial charge in [-0.3, -0.25) is 9.59 Å². The third-order valence-corrected chi connectivity index (χ3v) is 4.41. The summed E-state index contributed by atoms with van der Waals surface area (Å²) in [6, 6.07) is 8.85. The molecule has 0 aliphatic heterocycles. The molecule has 4 nitrogen and oxygen atoms in total. The molecular weight excluding hydrogens is 350 g/mol. The maximum absolute atomic E-state index is 13.9. The minimum Gasteiger partial charge on any atom is -0.348 e. The van der Waals surface area contributed by atoms with Crippen LogP contribution in [0.1, 0.15) is 48.3 Å². The highest BCUT2D eigenvalue weighted by atomic mass is 19.1. The van der Waals surface area contributed by atoms with E-state index in [9.17, 15) is 18.4 Å². The van der Waals surface area contributed by atoms with Gasteiger partial charge in [0.2, 0.25) is 5.91 Å². The van der Waals surface area contributed by atoms with Gasteiger partial charge in [0.25, 0.3) is 5.91 Å². The van der Waals surface area contributed by atoms with Gasteiger partial charge in [-0.25, -0.2) is 8.78 Å². The summed E-state index contributed by atoms with van der Waals surface area (Å²) in [5, 5.41) is 5.44. The Morgan fingerprint density at radius 1 is 0.963 bits per heavy atom. The fourth-order valence-corrected chi connectivity index (χ4v) is 2.82. The summed E-state index contributed by atoms with van der Waals surface area (Å²) in [4.78, 5) is 25.2. The Labute approximate surface area is 158 Å². The van der Waals surface area contributed by atoms with E-state index in [1.165, 1.54) is 6.07 Å². The van der Waals surface area contributed by atoms with Crippen molar-refractivity contribution in [1.29, 1.82) is 0 Å². The SMILES string of the molecule is Cc1ccccc1C(=O)NC(C(=O)NC(C)c1ccc(F)cc1F)C(C)C. The summed E-state index contributed by atoms with van der Waals surface area (Å²) in [5.41, 5.74) is 1.48. The van der Waals surface area contributed by atoms with Crippen LogP contribution in [0.5, 0.6) is 0 Å². The van der Waals surface area contributed by atoms with Gasteiger partial charge in [-0.2, -0.15) is 0 Å². The van der Waals surface area contributed by atoms with E-state index in [4.69, 9.17) is 0 Å². The summed E-state index contributed by atoms with van der Waals surface area (Å²) in [6.45, 7) is 7.05. The van der Waals surface area contributed by atoms with Crippen molar-refractivity contribution < 1.29 is 18.4 Å². The first-order valence-corrected chi connectivity index (χ1v) is 8.82. The van der Waals surface area contributed by atoms with Crippen LogP contribution in [0, 0.1) is 24.5 Å². The van der Waals surface area contributed by atoms with Crippen molar-refractivity contribution in [3.8, 4) is 0 Å². The normalized spacial score (nSPS) is 13.1. The lowest BCUT2D eigenvalue weighted by molar-refractivity contribution is -0.124. The Morgan fingerprint density at radius 3 is 2.22 bits per heavy atom. The second-order valence-electron chi connectivity index (χ2n) is 6.91. The highest BCUT2D eigenvalue weighted by Crippen LogP contribution is 2.18. The molecule has 0 spiro atoms. The number of rotatable bonds is 6. The molecule has 2 N–H and O–H groups in total. The lowest BCUT2D eigenvalue weighted by Crippen LogP contribution is -2.50. The van der Waals surface area contributed by atoms with Crippen molar-refractivity contribution in [3.63, 3.8) is 0 Å². The maximum atomic E-state index is 13.9. The lowest BCUT2D eigenvalue weighted by Gasteiger charge is -2.24. The van der Waals surface area contributed by atoms with Crippen LogP contribution in [0.25, 0.3) is 0 Å². The van der Waals surface area contributed by atoms with Gasteiger partial charge in [-0.15, -0.1) is 0 Å². The smallest absolute Gasteiger partial charge is 0.252 e. The van der Waals surface area contributed by atoms with Crippen LogP contribution in [0.3, 0.4) is 0 Å². The van der Waals surface area contributed by atoms with Gasteiger partial charge < -0.3 is 10.6 Å². The number of nitrogens with one attached hydrogen (secondary N) is 2. The summed E-state index contributed by atoms with van der Waals surface area (Å²) in [5.74, 6) is -2.36. The van der Waals surface area contributed by atoms with Crippen LogP contribution in [-0.4, -0.2) is 17.9 Å². The first-order chi connectivity index (χ1) is 12.7. The van der Waals surface area contributed by atoms with Gasteiger partial charge >= 0.3 is 0 Å². The predicted molar refractivity (Wildman–Crippen MR) is 100 cm³/mol. The van der Waals surface area contributed by atoms with Gasteiger partial charge in [0.1, 0.15) is 17.7 Å². The summed E-state index contributed by atoms with van der Waals surface area (Å²) in [6.07, 6.45) is 0. The summed E-state index contributed by atoms with van der Waals surface area (Å²) >= 11 is 0. The average molecular weight is 374 g/mol. The molecule has 2 rings (SSSR count). The first-order valence-electron chi connectivity index (χ1n) is 8.82. The van der Waals surface area contributed by atoms with Crippen LogP contribution in [0.4, 0.5) is 8.78 Å². The molecule has 2 amide bonds. The van der Waals surface area contributed by atoms with E-state index in [1.807, 2.05) is 32.9 Å². The molecular formula is C21H24F2N2O2. The Kier molecular flexibility index (Phi) is 6.66. The molecule has 0 aliphatic carbocycles. The van der Waals surface area contributed by atoms with E-state index in [0.29, 0.717) is 5.56 Å². The molecule has 0 heterocycles. The van der Waals surface area contributed by atoms with Gasteiger partial charge in [0.05, 0.1) is 6.04 Å². The highest BCUT2D eigenvalue weighted by molar-refractivity contribution is 5.98. The zero-order valence-corrected chi connectivity index (χ0v) is 15.8. The second-order valence-corrected chi connectivity index (χ2v) is 6.91. The van der Waals surface area contributed by atoms with Crippen LogP contribution < -0.4 is 10.6 Å². The van der Waals surface area contributed by atoms with E-state index in [0.717, 1.165) is 17.7 Å². The Balaban J connectivity index is 2.12. The van der Waals surface area contributed by atoms with Crippen molar-refractivity contribution in [2.75, 3.05) is 0 Å². The maximum Gasteiger partial charge on any atom is 0.252 e. The Bertz CT molecular complexity index is 837. The zero-order valence-electron chi connectivity index (χ0n) is 15.8. The molecule has 2 aromatic carbocycles. The Morgan fingerprint density at radius 2 is 1.63 bits per heavy atom. The molecule has 2 aromatic rings. The number of carbonyl (C=O) groups is 2. The first kappa shape index (κ1) is 20.6. The number of halogens is 2. The van der Waals surface area contributed by atoms with Crippen LogP contribution in [-0.2, 0) is 4.79 Å². The van der Waals surface area contributed by atoms with Crippen molar-refractivity contribution in [2.24, 2.45) is 5.92 Å². The van der Waals surface area contributed by atoms with Gasteiger partial charge in [0, 0.05) is 17.2 Å². The number of aryl methyl sites for hydroxylation is 1. The molecule has 0 aliphatic rings. The number of hydrogen-bond donors (Lipinski definition) is 2. The van der Waals surface area contributed by atoms with Crippen LogP contribution >= 0.6 is 0 Å². The minimum absolute atomic E-state index is 0.178. The fraction of sp³-hybridized carbons (Fsp3) is 0.333. The molecule has 2 unspecified atom stereocenters. The monoisotopic (exact) mass is 374 g/mol. The second kappa shape index (κ2) is 8.75. The molecule has 0 radical (unpaired) electrons. The zero-order chi connectivity index (χ0) is 20.1. The topological polar surface area (TPSA) is 58.2 Å². The fourth-order valence-electron chi connectivity index (χ4n) is 2.82. The molecule has 2 atom stereocenters. The number of benzene rings is 2. The quantitative estimate of drug-likeness (QED) is 0.806. The number of amides is 2. The van der Waals surface area contributed by atoms with E-state index in [2.05, 4.69) is 10.6 Å². The predicted octanol–water partition coefficient (Wildman–Crippen LogP) is 3.91. The Hall–Kier alpha value is -2.76. The van der Waals surface area contributed by atoms with Gasteiger partial charge in [-0.05, 0) is 37.5 Å². The van der Waals surface area contributed by atoms with Crippen molar-refractivity contribution in [2.45, 2.75) is 39.8 Å². The van der Waals surface area contributed by atoms with Crippen molar-refractivity contribution in [1.82, 2.24) is 10.6 Å². The number of carbonyl (C=O) groups excluding carboxylic acids is 2. The highest BCUT2D eigenvalue weighted by Gasteiger charge is 2.27. The third-order valence-electron chi connectivity index (χ3n) is 4.41. The molecule has 0 bridgehead atoms.